The monoisotopic (exact) mass is 312 g/mol. The predicted molar refractivity (Wildman–Crippen MR) is 86.6 cm³/mol. The smallest absolute Gasteiger partial charge is 0.251 e. The van der Waals surface area contributed by atoms with Gasteiger partial charge >= 0.3 is 0 Å². The summed E-state index contributed by atoms with van der Waals surface area (Å²) in [5, 5.41) is 2.83. The molecule has 0 saturated heterocycles. The number of nitrogens with zero attached hydrogens (tertiary/aromatic N) is 1. The Kier molecular flexibility index (Phi) is 5.86. The number of nitrogen functional groups attached to an aromatic ring is 1. The third-order valence-corrected chi connectivity index (χ3v) is 3.84. The minimum atomic E-state index is -0.952. The summed E-state index contributed by atoms with van der Waals surface area (Å²) in [7, 11) is -0.952. The molecule has 0 spiro atoms. The first-order chi connectivity index (χ1) is 9.63. The molecule has 0 radical (unpaired) electrons. The average molecular weight is 312 g/mol. The zero-order valence-corrected chi connectivity index (χ0v) is 14.0. The Balaban J connectivity index is 3.01. The van der Waals surface area contributed by atoms with E-state index in [2.05, 4.69) is 15.7 Å². The Labute approximate surface area is 128 Å². The molecule has 2 unspecified atom stereocenters. The van der Waals surface area contributed by atoms with Gasteiger partial charge in [-0.25, -0.2) is 10.8 Å². The van der Waals surface area contributed by atoms with E-state index in [1.54, 1.807) is 18.4 Å². The summed E-state index contributed by atoms with van der Waals surface area (Å²) in [5.41, 5.74) is 3.54. The van der Waals surface area contributed by atoms with Gasteiger partial charge in [0.1, 0.15) is 5.82 Å². The minimum Gasteiger partial charge on any atom is -0.349 e. The van der Waals surface area contributed by atoms with Crippen LogP contribution in [0.4, 0.5) is 5.82 Å². The quantitative estimate of drug-likeness (QED) is 0.560. The molecule has 118 valence electrons. The van der Waals surface area contributed by atoms with Crippen molar-refractivity contribution in [2.75, 3.05) is 17.4 Å². The summed E-state index contributed by atoms with van der Waals surface area (Å²) >= 11 is 0. The molecule has 2 atom stereocenters. The van der Waals surface area contributed by atoms with E-state index in [-0.39, 0.29) is 17.4 Å². The molecule has 6 nitrogen and oxygen atoms in total. The number of pyridine rings is 1. The molecule has 1 rings (SSSR count). The molecule has 1 amide bonds. The molecule has 1 heterocycles. The van der Waals surface area contributed by atoms with Gasteiger partial charge in [-0.05, 0) is 19.1 Å². The minimum absolute atomic E-state index is 0.163. The second-order valence-electron chi connectivity index (χ2n) is 6.14. The zero-order chi connectivity index (χ0) is 16.2. The predicted octanol–water partition coefficient (Wildman–Crippen LogP) is 1.16. The SMILES string of the molecule is CC(CS(C)=O)NC(=O)c1cc(NN)nc(C(C)(C)C)c1. The number of aromatic nitrogens is 1. The molecular formula is C14H24N4O2S. The van der Waals surface area contributed by atoms with Crippen LogP contribution in [0.25, 0.3) is 0 Å². The number of nitrogens with one attached hydrogen (secondary N) is 2. The molecular weight excluding hydrogens is 288 g/mol. The number of carbonyl (C=O) groups excluding carboxylic acids is 1. The van der Waals surface area contributed by atoms with Crippen molar-refractivity contribution in [3.63, 3.8) is 0 Å². The molecule has 1 aromatic heterocycles. The van der Waals surface area contributed by atoms with Crippen LogP contribution in [-0.4, -0.2) is 33.2 Å². The van der Waals surface area contributed by atoms with Crippen molar-refractivity contribution in [1.29, 1.82) is 0 Å². The van der Waals surface area contributed by atoms with Crippen LogP contribution >= 0.6 is 0 Å². The highest BCUT2D eigenvalue weighted by Crippen LogP contribution is 2.23. The summed E-state index contributed by atoms with van der Waals surface area (Å²) in [6.45, 7) is 7.87. The highest BCUT2D eigenvalue weighted by molar-refractivity contribution is 7.84. The van der Waals surface area contributed by atoms with Crippen LogP contribution in [0.2, 0.25) is 0 Å². The number of amides is 1. The lowest BCUT2D eigenvalue weighted by atomic mass is 9.90. The third kappa shape index (κ3) is 5.43. The van der Waals surface area contributed by atoms with E-state index in [1.165, 1.54) is 0 Å². The second-order valence-corrected chi connectivity index (χ2v) is 7.61. The van der Waals surface area contributed by atoms with Crippen LogP contribution in [0.1, 0.15) is 43.7 Å². The van der Waals surface area contributed by atoms with Gasteiger partial charge in [-0.3, -0.25) is 9.00 Å². The van der Waals surface area contributed by atoms with Crippen LogP contribution < -0.4 is 16.6 Å². The molecule has 0 fully saturated rings. The van der Waals surface area contributed by atoms with Crippen molar-refractivity contribution in [3.05, 3.63) is 23.4 Å². The Bertz CT molecular complexity index is 540. The van der Waals surface area contributed by atoms with Crippen LogP contribution in [0.5, 0.6) is 0 Å². The number of hydrogen-bond acceptors (Lipinski definition) is 5. The number of anilines is 1. The molecule has 0 aliphatic heterocycles. The Morgan fingerprint density at radius 1 is 1.43 bits per heavy atom. The van der Waals surface area contributed by atoms with Gasteiger partial charge < -0.3 is 10.7 Å². The van der Waals surface area contributed by atoms with E-state index in [4.69, 9.17) is 5.84 Å². The fourth-order valence-corrected chi connectivity index (χ4v) is 2.61. The molecule has 21 heavy (non-hydrogen) atoms. The summed E-state index contributed by atoms with van der Waals surface area (Å²) in [4.78, 5) is 16.6. The second kappa shape index (κ2) is 7.00. The van der Waals surface area contributed by atoms with Crippen LogP contribution in [-0.2, 0) is 16.2 Å². The molecule has 0 saturated carbocycles. The van der Waals surface area contributed by atoms with Crippen molar-refractivity contribution in [3.8, 4) is 0 Å². The molecule has 7 heteroatoms. The van der Waals surface area contributed by atoms with Gasteiger partial charge in [0.15, 0.2) is 0 Å². The number of hydrogen-bond donors (Lipinski definition) is 3. The van der Waals surface area contributed by atoms with Crippen LogP contribution in [0.3, 0.4) is 0 Å². The molecule has 0 aromatic carbocycles. The van der Waals surface area contributed by atoms with Crippen molar-refractivity contribution >= 4 is 22.5 Å². The summed E-state index contributed by atoms with van der Waals surface area (Å²) in [5.74, 6) is 6.05. The van der Waals surface area contributed by atoms with Gasteiger partial charge in [-0.15, -0.1) is 0 Å². The van der Waals surface area contributed by atoms with Crippen molar-refractivity contribution < 1.29 is 9.00 Å². The normalized spacial score (nSPS) is 14.4. The van der Waals surface area contributed by atoms with Crippen molar-refractivity contribution in [1.82, 2.24) is 10.3 Å². The number of rotatable bonds is 5. The fraction of sp³-hybridized carbons (Fsp3) is 0.571. The van der Waals surface area contributed by atoms with E-state index in [9.17, 15) is 9.00 Å². The van der Waals surface area contributed by atoms with Crippen LogP contribution in [0.15, 0.2) is 12.1 Å². The highest BCUT2D eigenvalue weighted by atomic mass is 32.2. The first-order valence-electron chi connectivity index (χ1n) is 6.73. The largest absolute Gasteiger partial charge is 0.349 e. The van der Waals surface area contributed by atoms with Gasteiger partial charge in [-0.1, -0.05) is 20.8 Å². The standard InChI is InChI=1S/C14H24N4O2S/c1-9(8-21(5)20)16-13(19)10-6-11(14(2,3)4)17-12(7-10)18-15/h6-7,9H,8,15H2,1-5H3,(H,16,19)(H,17,18). The first-order valence-corrected chi connectivity index (χ1v) is 8.46. The van der Waals surface area contributed by atoms with Gasteiger partial charge in [0.2, 0.25) is 0 Å². The van der Waals surface area contributed by atoms with Crippen LogP contribution in [0, 0.1) is 0 Å². The highest BCUT2D eigenvalue weighted by Gasteiger charge is 2.20. The van der Waals surface area contributed by atoms with E-state index in [0.29, 0.717) is 17.1 Å². The van der Waals surface area contributed by atoms with Crippen molar-refractivity contribution in [2.24, 2.45) is 5.84 Å². The van der Waals surface area contributed by atoms with Gasteiger partial charge in [-0.2, -0.15) is 0 Å². The summed E-state index contributed by atoms with van der Waals surface area (Å²) < 4.78 is 11.2. The molecule has 1 aromatic rings. The number of nitrogens with two attached hydrogens (primary N) is 1. The Hall–Kier alpha value is -1.47. The molecule has 0 aliphatic carbocycles. The summed E-state index contributed by atoms with van der Waals surface area (Å²) in [6, 6.07) is 3.19. The molecule has 4 N–H and O–H groups in total. The van der Waals surface area contributed by atoms with E-state index < -0.39 is 10.8 Å². The number of carbonyl (C=O) groups is 1. The average Bonchev–Trinajstić information content (AvgIpc) is 2.35. The third-order valence-electron chi connectivity index (χ3n) is 2.87. The van der Waals surface area contributed by atoms with Gasteiger partial charge in [0, 0.05) is 45.5 Å². The molecule has 0 bridgehead atoms. The van der Waals surface area contributed by atoms with E-state index in [1.807, 2.05) is 27.7 Å². The number of hydrazine groups is 1. The van der Waals surface area contributed by atoms with Gasteiger partial charge in [0.05, 0.1) is 0 Å². The van der Waals surface area contributed by atoms with E-state index >= 15 is 0 Å². The first kappa shape index (κ1) is 17.6. The zero-order valence-electron chi connectivity index (χ0n) is 13.2. The lowest BCUT2D eigenvalue weighted by molar-refractivity contribution is 0.0943. The maximum absolute atomic E-state index is 12.3. The topological polar surface area (TPSA) is 97.1 Å². The maximum Gasteiger partial charge on any atom is 0.251 e. The molecule has 0 aliphatic rings. The lowest BCUT2D eigenvalue weighted by Gasteiger charge is -2.20. The Morgan fingerprint density at radius 2 is 2.05 bits per heavy atom. The van der Waals surface area contributed by atoms with Crippen molar-refractivity contribution in [2.45, 2.75) is 39.2 Å². The maximum atomic E-state index is 12.3. The van der Waals surface area contributed by atoms with Gasteiger partial charge in [0.25, 0.3) is 5.91 Å². The fourth-order valence-electron chi connectivity index (χ4n) is 1.82. The van der Waals surface area contributed by atoms with E-state index in [0.717, 1.165) is 5.69 Å². The lowest BCUT2D eigenvalue weighted by Crippen LogP contribution is -2.36. The Morgan fingerprint density at radius 3 is 2.52 bits per heavy atom. The summed E-state index contributed by atoms with van der Waals surface area (Å²) in [6.07, 6.45) is 1.61.